The van der Waals surface area contributed by atoms with Crippen molar-refractivity contribution in [3.63, 3.8) is 0 Å². The summed E-state index contributed by atoms with van der Waals surface area (Å²) in [5, 5.41) is 6.01. The molecule has 1 unspecified atom stereocenters. The lowest BCUT2D eigenvalue weighted by molar-refractivity contribution is 0.207. The first kappa shape index (κ1) is 23.6. The molecule has 0 aliphatic heterocycles. The number of anilines is 1. The number of ether oxygens (including phenoxy) is 1. The Kier molecular flexibility index (Phi) is 6.49. The van der Waals surface area contributed by atoms with Crippen molar-refractivity contribution in [1.29, 1.82) is 0 Å². The van der Waals surface area contributed by atoms with Crippen molar-refractivity contribution < 1.29 is 9.53 Å². The number of nitrogens with zero attached hydrogens (tertiary/aromatic N) is 5. The normalized spacial score (nSPS) is 12.0. The fourth-order valence-electron chi connectivity index (χ4n) is 3.77. The summed E-state index contributed by atoms with van der Waals surface area (Å²) in [5.74, 6) is 0.610. The van der Waals surface area contributed by atoms with E-state index in [0.717, 1.165) is 0 Å². The number of rotatable bonds is 6. The van der Waals surface area contributed by atoms with Crippen molar-refractivity contribution >= 4 is 55.9 Å². The van der Waals surface area contributed by atoms with E-state index in [-0.39, 0.29) is 27.9 Å². The molecular formula is C24H20ClN7O3S. The third-order valence-electron chi connectivity index (χ3n) is 5.33. The van der Waals surface area contributed by atoms with E-state index >= 15 is 0 Å². The van der Waals surface area contributed by atoms with Gasteiger partial charge in [0.2, 0.25) is 5.88 Å². The summed E-state index contributed by atoms with van der Waals surface area (Å²) in [4.78, 5) is 44.0. The summed E-state index contributed by atoms with van der Waals surface area (Å²) in [6, 6.07) is 11.6. The molecule has 5 aromatic rings. The Morgan fingerprint density at radius 3 is 2.86 bits per heavy atom. The Morgan fingerprint density at radius 1 is 1.19 bits per heavy atom. The molecule has 2 aromatic carbocycles. The second-order valence-corrected chi connectivity index (χ2v) is 8.96. The Balaban J connectivity index is 1.65. The Hall–Kier alpha value is -4.09. The highest BCUT2D eigenvalue weighted by molar-refractivity contribution is 7.16. The van der Waals surface area contributed by atoms with Crippen LogP contribution in [-0.2, 0) is 0 Å². The lowest BCUT2D eigenvalue weighted by Crippen LogP contribution is -2.29. The number of fused-ring (bicyclic) bond motifs is 2. The minimum absolute atomic E-state index is 0.279. The Morgan fingerprint density at radius 2 is 2.03 bits per heavy atom. The van der Waals surface area contributed by atoms with Crippen LogP contribution in [0.2, 0.25) is 5.02 Å². The number of urea groups is 1. The number of carbonyl (C=O) groups excluding carboxylic acids is 1. The first-order valence-electron chi connectivity index (χ1n) is 11.0. The zero-order chi connectivity index (χ0) is 25.2. The minimum Gasteiger partial charge on any atom is -0.465 e. The molecule has 0 spiro atoms. The fourth-order valence-corrected chi connectivity index (χ4v) is 4.64. The standard InChI is InChI=1S/C24H20ClN7O3S/c1-3-26-24(34)30-14-6-4-7-15(10-14)32-20(31-17-9-5-8-16(25)18(17)23(32)33)13(2)35-21-19-22(28-11-27-21)36-12-29-19/h4-13H,3H2,1-2H3,(H2,26,30,34). The van der Waals surface area contributed by atoms with Crippen LogP contribution in [0.4, 0.5) is 10.5 Å². The highest BCUT2D eigenvalue weighted by Crippen LogP contribution is 2.29. The van der Waals surface area contributed by atoms with Gasteiger partial charge in [-0.25, -0.2) is 19.7 Å². The molecule has 0 aliphatic rings. The van der Waals surface area contributed by atoms with Gasteiger partial charge in [0.05, 0.1) is 27.1 Å². The molecule has 0 saturated heterocycles. The molecule has 36 heavy (non-hydrogen) atoms. The van der Waals surface area contributed by atoms with E-state index in [1.54, 1.807) is 54.9 Å². The smallest absolute Gasteiger partial charge is 0.319 e. The molecule has 3 heterocycles. The van der Waals surface area contributed by atoms with Crippen LogP contribution in [0.3, 0.4) is 0 Å². The number of thiazole rings is 1. The predicted octanol–water partition coefficient (Wildman–Crippen LogP) is 4.72. The van der Waals surface area contributed by atoms with Gasteiger partial charge in [-0.05, 0) is 44.2 Å². The summed E-state index contributed by atoms with van der Waals surface area (Å²) in [5.41, 5.74) is 3.25. The second kappa shape index (κ2) is 9.88. The van der Waals surface area contributed by atoms with Gasteiger partial charge >= 0.3 is 6.03 Å². The van der Waals surface area contributed by atoms with Gasteiger partial charge in [-0.15, -0.1) is 11.3 Å². The van der Waals surface area contributed by atoms with Gasteiger partial charge in [0.1, 0.15) is 6.33 Å². The van der Waals surface area contributed by atoms with E-state index in [2.05, 4.69) is 25.6 Å². The van der Waals surface area contributed by atoms with E-state index in [9.17, 15) is 9.59 Å². The quantitative estimate of drug-likeness (QED) is 0.331. The molecule has 0 saturated carbocycles. The van der Waals surface area contributed by atoms with E-state index < -0.39 is 6.10 Å². The summed E-state index contributed by atoms with van der Waals surface area (Å²) in [7, 11) is 0. The van der Waals surface area contributed by atoms with E-state index in [1.165, 1.54) is 22.2 Å². The van der Waals surface area contributed by atoms with E-state index in [1.807, 2.05) is 6.92 Å². The van der Waals surface area contributed by atoms with Gasteiger partial charge in [-0.3, -0.25) is 9.36 Å². The van der Waals surface area contributed by atoms with Crippen molar-refractivity contribution in [2.75, 3.05) is 11.9 Å². The molecular weight excluding hydrogens is 502 g/mol. The number of benzene rings is 2. The van der Waals surface area contributed by atoms with Crippen molar-refractivity contribution in [3.05, 3.63) is 75.5 Å². The molecule has 0 fully saturated rings. The molecule has 3 aromatic heterocycles. The molecule has 5 rings (SSSR count). The third kappa shape index (κ3) is 4.45. The van der Waals surface area contributed by atoms with Gasteiger partial charge in [0.25, 0.3) is 5.56 Å². The average Bonchev–Trinajstić information content (AvgIpc) is 3.34. The van der Waals surface area contributed by atoms with Crippen molar-refractivity contribution in [2.24, 2.45) is 0 Å². The molecule has 0 bridgehead atoms. The van der Waals surface area contributed by atoms with Crippen LogP contribution < -0.4 is 20.9 Å². The van der Waals surface area contributed by atoms with E-state index in [4.69, 9.17) is 21.3 Å². The number of aromatic nitrogens is 5. The maximum atomic E-state index is 13.8. The lowest BCUT2D eigenvalue weighted by atomic mass is 10.2. The summed E-state index contributed by atoms with van der Waals surface area (Å²) >= 11 is 7.77. The van der Waals surface area contributed by atoms with Crippen LogP contribution in [0, 0.1) is 0 Å². The van der Waals surface area contributed by atoms with Gasteiger partial charge in [0.15, 0.2) is 22.3 Å². The maximum absolute atomic E-state index is 13.8. The third-order valence-corrected chi connectivity index (χ3v) is 6.37. The van der Waals surface area contributed by atoms with Crippen molar-refractivity contribution in [2.45, 2.75) is 20.0 Å². The zero-order valence-electron chi connectivity index (χ0n) is 19.2. The first-order chi connectivity index (χ1) is 17.5. The summed E-state index contributed by atoms with van der Waals surface area (Å²) in [6.07, 6.45) is 0.695. The summed E-state index contributed by atoms with van der Waals surface area (Å²) < 4.78 is 7.58. The van der Waals surface area contributed by atoms with Crippen LogP contribution in [0.15, 0.2) is 59.1 Å². The highest BCUT2D eigenvalue weighted by Gasteiger charge is 2.22. The molecule has 1 atom stereocenters. The number of hydrogen-bond donors (Lipinski definition) is 2. The van der Waals surface area contributed by atoms with Crippen LogP contribution in [0.5, 0.6) is 5.88 Å². The minimum atomic E-state index is -0.708. The van der Waals surface area contributed by atoms with Gasteiger partial charge in [-0.2, -0.15) is 4.98 Å². The number of nitrogens with one attached hydrogen (secondary N) is 2. The number of halogens is 1. The Bertz CT molecular complexity index is 1650. The molecule has 12 heteroatoms. The number of amides is 2. The number of carbonyl (C=O) groups is 1. The molecule has 10 nitrogen and oxygen atoms in total. The molecule has 0 aliphatic carbocycles. The van der Waals surface area contributed by atoms with Crippen molar-refractivity contribution in [1.82, 2.24) is 29.8 Å². The molecule has 0 radical (unpaired) electrons. The lowest BCUT2D eigenvalue weighted by Gasteiger charge is -2.20. The molecule has 2 amide bonds. The fraction of sp³-hybridized carbons (Fsp3) is 0.167. The predicted molar refractivity (Wildman–Crippen MR) is 139 cm³/mol. The largest absolute Gasteiger partial charge is 0.465 e. The summed E-state index contributed by atoms with van der Waals surface area (Å²) in [6.45, 7) is 4.07. The number of hydrogen-bond acceptors (Lipinski definition) is 8. The maximum Gasteiger partial charge on any atom is 0.319 e. The van der Waals surface area contributed by atoms with Crippen molar-refractivity contribution in [3.8, 4) is 11.6 Å². The van der Waals surface area contributed by atoms with E-state index in [0.29, 0.717) is 39.6 Å². The Labute approximate surface area is 214 Å². The van der Waals surface area contributed by atoms with Gasteiger partial charge in [-0.1, -0.05) is 23.7 Å². The molecule has 182 valence electrons. The average molecular weight is 522 g/mol. The highest BCUT2D eigenvalue weighted by atomic mass is 35.5. The monoisotopic (exact) mass is 521 g/mol. The van der Waals surface area contributed by atoms with Gasteiger partial charge in [0, 0.05) is 12.2 Å². The van der Waals surface area contributed by atoms with Crippen LogP contribution in [-0.4, -0.2) is 37.1 Å². The van der Waals surface area contributed by atoms with Gasteiger partial charge < -0.3 is 15.4 Å². The second-order valence-electron chi connectivity index (χ2n) is 7.72. The first-order valence-corrected chi connectivity index (χ1v) is 12.3. The van der Waals surface area contributed by atoms with Crippen LogP contribution in [0.1, 0.15) is 25.8 Å². The zero-order valence-corrected chi connectivity index (χ0v) is 20.8. The SMILES string of the molecule is CCNC(=O)Nc1cccc(-n2c(C(C)Oc3ncnc4scnc34)nc3cccc(Cl)c3c2=O)c1. The molecule has 2 N–H and O–H groups in total. The van der Waals surface area contributed by atoms with Crippen LogP contribution in [0.25, 0.3) is 26.9 Å². The topological polar surface area (TPSA) is 124 Å². The van der Waals surface area contributed by atoms with Crippen LogP contribution >= 0.6 is 22.9 Å².